The van der Waals surface area contributed by atoms with Crippen molar-refractivity contribution in [1.29, 1.82) is 0 Å². The van der Waals surface area contributed by atoms with Crippen LogP contribution in [0.4, 0.5) is 0 Å². The maximum absolute atomic E-state index is 3.31. The van der Waals surface area contributed by atoms with Crippen LogP contribution in [0.3, 0.4) is 0 Å². The van der Waals surface area contributed by atoms with Crippen LogP contribution >= 0.6 is 11.8 Å². The van der Waals surface area contributed by atoms with Crippen molar-refractivity contribution in [1.82, 2.24) is 5.32 Å². The molecule has 0 aromatic carbocycles. The molecule has 0 spiro atoms. The molecule has 0 heterocycles. The summed E-state index contributed by atoms with van der Waals surface area (Å²) < 4.78 is 0. The van der Waals surface area contributed by atoms with Gasteiger partial charge in [0.1, 0.15) is 0 Å². The maximum Gasteiger partial charge on any atom is 0.00497 e. The third-order valence-corrected chi connectivity index (χ3v) is 4.42. The second-order valence-corrected chi connectivity index (χ2v) is 6.02. The summed E-state index contributed by atoms with van der Waals surface area (Å²) in [5.74, 6) is 0. The van der Waals surface area contributed by atoms with E-state index in [1.165, 1.54) is 32.1 Å². The summed E-state index contributed by atoms with van der Waals surface area (Å²) in [7, 11) is 2.05. The summed E-state index contributed by atoms with van der Waals surface area (Å²) in [5.41, 5.74) is 0. The van der Waals surface area contributed by atoms with E-state index in [1.807, 2.05) is 0 Å². The average Bonchev–Trinajstić information content (AvgIpc) is 2.56. The van der Waals surface area contributed by atoms with E-state index in [-0.39, 0.29) is 0 Å². The molecule has 0 radical (unpaired) electrons. The topological polar surface area (TPSA) is 12.0 Å². The molecule has 0 aromatic heterocycles. The van der Waals surface area contributed by atoms with E-state index in [4.69, 9.17) is 0 Å². The molecular weight excluding hydrogens is 178 g/mol. The van der Waals surface area contributed by atoms with E-state index in [2.05, 4.69) is 38.0 Å². The summed E-state index contributed by atoms with van der Waals surface area (Å²) in [6.07, 6.45) is 7.15. The lowest BCUT2D eigenvalue weighted by atomic mass is 10.2. The van der Waals surface area contributed by atoms with E-state index in [1.54, 1.807) is 0 Å². The molecule has 2 heteroatoms. The van der Waals surface area contributed by atoms with Gasteiger partial charge in [-0.25, -0.2) is 0 Å². The van der Waals surface area contributed by atoms with Crippen LogP contribution < -0.4 is 5.32 Å². The van der Waals surface area contributed by atoms with Crippen molar-refractivity contribution in [3.63, 3.8) is 0 Å². The molecule has 1 N–H and O–H groups in total. The summed E-state index contributed by atoms with van der Waals surface area (Å²) >= 11 is 2.21. The van der Waals surface area contributed by atoms with Gasteiger partial charge >= 0.3 is 0 Å². The fraction of sp³-hybridized carbons (Fsp3) is 1.00. The zero-order chi connectivity index (χ0) is 9.68. The van der Waals surface area contributed by atoms with Crippen molar-refractivity contribution in [2.45, 2.75) is 62.5 Å². The molecule has 0 amide bonds. The van der Waals surface area contributed by atoms with Crippen molar-refractivity contribution >= 4 is 11.8 Å². The van der Waals surface area contributed by atoms with Crippen molar-refractivity contribution in [2.24, 2.45) is 0 Å². The van der Waals surface area contributed by atoms with E-state index in [9.17, 15) is 0 Å². The Kier molecular flexibility index (Phi) is 5.18. The Bertz CT molecular complexity index is 132. The monoisotopic (exact) mass is 201 g/mol. The van der Waals surface area contributed by atoms with Crippen molar-refractivity contribution in [3.8, 4) is 0 Å². The fourth-order valence-electron chi connectivity index (χ4n) is 2.02. The van der Waals surface area contributed by atoms with Gasteiger partial charge in [0.2, 0.25) is 0 Å². The average molecular weight is 201 g/mol. The number of rotatable bonds is 5. The predicted molar refractivity (Wildman–Crippen MR) is 62.4 cm³/mol. The smallest absolute Gasteiger partial charge is 0.00497 e. The molecule has 78 valence electrons. The molecule has 0 bridgehead atoms. The van der Waals surface area contributed by atoms with Crippen molar-refractivity contribution in [2.75, 3.05) is 7.05 Å². The minimum absolute atomic E-state index is 0.670. The Morgan fingerprint density at radius 2 is 1.92 bits per heavy atom. The Morgan fingerprint density at radius 1 is 1.31 bits per heavy atom. The van der Waals surface area contributed by atoms with Gasteiger partial charge in [-0.2, -0.15) is 11.8 Å². The fourth-order valence-corrected chi connectivity index (χ4v) is 3.69. The summed E-state index contributed by atoms with van der Waals surface area (Å²) in [5, 5.41) is 5.10. The highest BCUT2D eigenvalue weighted by Gasteiger charge is 2.18. The van der Waals surface area contributed by atoms with Gasteiger partial charge in [-0.15, -0.1) is 0 Å². The van der Waals surface area contributed by atoms with E-state index >= 15 is 0 Å². The quantitative estimate of drug-likeness (QED) is 0.734. The van der Waals surface area contributed by atoms with Crippen LogP contribution in [0.2, 0.25) is 0 Å². The highest BCUT2D eigenvalue weighted by molar-refractivity contribution is 8.00. The molecule has 0 aromatic rings. The maximum atomic E-state index is 3.31. The van der Waals surface area contributed by atoms with Gasteiger partial charge in [-0.3, -0.25) is 0 Å². The molecule has 1 rings (SSSR count). The zero-order valence-electron chi connectivity index (χ0n) is 9.18. The molecule has 0 aliphatic heterocycles. The zero-order valence-corrected chi connectivity index (χ0v) is 9.99. The highest BCUT2D eigenvalue weighted by Crippen LogP contribution is 2.33. The van der Waals surface area contributed by atoms with Crippen LogP contribution in [-0.2, 0) is 0 Å². The molecule has 13 heavy (non-hydrogen) atoms. The SMILES string of the molecule is CNC(C)CC(C)SC1CCCC1. The standard InChI is InChI=1S/C11H23NS/c1-9(12-3)8-10(2)13-11-6-4-5-7-11/h9-12H,4-8H2,1-3H3. The minimum atomic E-state index is 0.670. The van der Waals surface area contributed by atoms with Gasteiger partial charge in [0.15, 0.2) is 0 Å². The number of hydrogen-bond donors (Lipinski definition) is 1. The number of thioether (sulfide) groups is 1. The molecule has 1 aliphatic rings. The molecule has 2 atom stereocenters. The summed E-state index contributed by atoms with van der Waals surface area (Å²) in [6.45, 7) is 4.64. The number of nitrogens with one attached hydrogen (secondary N) is 1. The van der Waals surface area contributed by atoms with Gasteiger partial charge in [-0.1, -0.05) is 19.8 Å². The summed E-state index contributed by atoms with van der Waals surface area (Å²) in [6, 6.07) is 0.670. The van der Waals surface area contributed by atoms with Crippen LogP contribution in [0, 0.1) is 0 Å². The lowest BCUT2D eigenvalue weighted by Gasteiger charge is -2.19. The van der Waals surface area contributed by atoms with Gasteiger partial charge in [0.05, 0.1) is 0 Å². The van der Waals surface area contributed by atoms with Gasteiger partial charge in [0, 0.05) is 16.5 Å². The second-order valence-electron chi connectivity index (χ2n) is 4.28. The highest BCUT2D eigenvalue weighted by atomic mass is 32.2. The first-order chi connectivity index (χ1) is 6.22. The summed E-state index contributed by atoms with van der Waals surface area (Å²) in [4.78, 5) is 0. The van der Waals surface area contributed by atoms with Crippen molar-refractivity contribution in [3.05, 3.63) is 0 Å². The molecule has 0 saturated heterocycles. The van der Waals surface area contributed by atoms with Gasteiger partial charge in [0.25, 0.3) is 0 Å². The van der Waals surface area contributed by atoms with Crippen molar-refractivity contribution < 1.29 is 0 Å². The van der Waals surface area contributed by atoms with E-state index < -0.39 is 0 Å². The Balaban J connectivity index is 2.12. The van der Waals surface area contributed by atoms with Gasteiger partial charge in [-0.05, 0) is 33.2 Å². The first-order valence-corrected chi connectivity index (χ1v) is 6.49. The largest absolute Gasteiger partial charge is 0.317 e. The first kappa shape index (κ1) is 11.4. The minimum Gasteiger partial charge on any atom is -0.317 e. The first-order valence-electron chi connectivity index (χ1n) is 5.55. The van der Waals surface area contributed by atoms with Crippen LogP contribution in [-0.4, -0.2) is 23.6 Å². The van der Waals surface area contributed by atoms with E-state index in [0.29, 0.717) is 6.04 Å². The van der Waals surface area contributed by atoms with Crippen LogP contribution in [0.25, 0.3) is 0 Å². The lowest BCUT2D eigenvalue weighted by molar-refractivity contribution is 0.563. The molecular formula is C11H23NS. The Hall–Kier alpha value is 0.310. The molecule has 1 fully saturated rings. The third kappa shape index (κ3) is 4.37. The molecule has 2 unspecified atom stereocenters. The molecule has 1 saturated carbocycles. The van der Waals surface area contributed by atoms with Crippen LogP contribution in [0.1, 0.15) is 46.0 Å². The molecule has 1 nitrogen and oxygen atoms in total. The molecule has 1 aliphatic carbocycles. The lowest BCUT2D eigenvalue weighted by Crippen LogP contribution is -2.25. The number of hydrogen-bond acceptors (Lipinski definition) is 2. The van der Waals surface area contributed by atoms with Gasteiger partial charge < -0.3 is 5.32 Å². The Morgan fingerprint density at radius 3 is 2.46 bits per heavy atom. The van der Waals surface area contributed by atoms with Crippen LogP contribution in [0.5, 0.6) is 0 Å². The third-order valence-electron chi connectivity index (χ3n) is 2.91. The second kappa shape index (κ2) is 5.92. The van der Waals surface area contributed by atoms with Crippen LogP contribution in [0.15, 0.2) is 0 Å². The normalized spacial score (nSPS) is 23.3. The van der Waals surface area contributed by atoms with E-state index in [0.717, 1.165) is 10.5 Å². The predicted octanol–water partition coefficient (Wildman–Crippen LogP) is 3.05. The Labute approximate surface area is 87.1 Å².